The number of ether oxygens (including phenoxy) is 2. The molecule has 0 fully saturated rings. The molecule has 4 aromatic rings. The molecule has 176 valence electrons. The van der Waals surface area contributed by atoms with E-state index in [1.807, 2.05) is 13.8 Å². The SMILES string of the molecule is CCOc1ccc(C2=CCC(c3ccccc3)(c3ccccc3)C2c2ccc(OCC)cc2)cc1. The van der Waals surface area contributed by atoms with Crippen molar-refractivity contribution in [3.8, 4) is 11.5 Å². The van der Waals surface area contributed by atoms with Crippen LogP contribution in [0, 0.1) is 0 Å². The summed E-state index contributed by atoms with van der Waals surface area (Å²) >= 11 is 0. The Bertz CT molecular complexity index is 1220. The van der Waals surface area contributed by atoms with Crippen molar-refractivity contribution in [3.63, 3.8) is 0 Å². The Morgan fingerprint density at radius 2 is 1.11 bits per heavy atom. The second-order valence-corrected chi connectivity index (χ2v) is 8.96. The van der Waals surface area contributed by atoms with Gasteiger partial charge < -0.3 is 9.47 Å². The average molecular weight is 461 g/mol. The molecule has 4 aromatic carbocycles. The average Bonchev–Trinajstić information content (AvgIpc) is 3.32. The highest BCUT2D eigenvalue weighted by Gasteiger charge is 2.47. The minimum absolute atomic E-state index is 0.154. The van der Waals surface area contributed by atoms with Gasteiger partial charge in [0, 0.05) is 11.3 Å². The molecule has 0 saturated carbocycles. The summed E-state index contributed by atoms with van der Waals surface area (Å²) in [6, 6.07) is 39.2. The molecule has 0 N–H and O–H groups in total. The predicted octanol–water partition coefficient (Wildman–Crippen LogP) is 8.04. The van der Waals surface area contributed by atoms with E-state index in [2.05, 4.69) is 115 Å². The van der Waals surface area contributed by atoms with Crippen LogP contribution in [-0.4, -0.2) is 13.2 Å². The van der Waals surface area contributed by atoms with E-state index in [4.69, 9.17) is 9.47 Å². The summed E-state index contributed by atoms with van der Waals surface area (Å²) in [4.78, 5) is 0. The van der Waals surface area contributed by atoms with Gasteiger partial charge in [-0.05, 0) is 72.4 Å². The van der Waals surface area contributed by atoms with Crippen LogP contribution < -0.4 is 9.47 Å². The highest BCUT2D eigenvalue weighted by molar-refractivity contribution is 5.79. The minimum Gasteiger partial charge on any atom is -0.494 e. The molecule has 1 unspecified atom stereocenters. The predicted molar refractivity (Wildman–Crippen MR) is 144 cm³/mol. The molecule has 2 nitrogen and oxygen atoms in total. The third-order valence-electron chi connectivity index (χ3n) is 7.05. The lowest BCUT2D eigenvalue weighted by Crippen LogP contribution is -2.32. The molecule has 2 heteroatoms. The second kappa shape index (κ2) is 10.2. The first-order valence-corrected chi connectivity index (χ1v) is 12.5. The lowest BCUT2D eigenvalue weighted by molar-refractivity contribution is 0.340. The fourth-order valence-electron chi connectivity index (χ4n) is 5.56. The smallest absolute Gasteiger partial charge is 0.119 e. The molecule has 0 radical (unpaired) electrons. The van der Waals surface area contributed by atoms with Crippen molar-refractivity contribution < 1.29 is 9.47 Å². The molecule has 0 amide bonds. The third-order valence-corrected chi connectivity index (χ3v) is 7.05. The lowest BCUT2D eigenvalue weighted by Gasteiger charge is -2.39. The topological polar surface area (TPSA) is 18.5 Å². The molecule has 0 bridgehead atoms. The minimum atomic E-state index is -0.205. The molecular formula is C33H32O2. The zero-order valence-corrected chi connectivity index (χ0v) is 20.5. The Labute approximate surface area is 208 Å². The van der Waals surface area contributed by atoms with Gasteiger partial charge in [-0.25, -0.2) is 0 Å². The van der Waals surface area contributed by atoms with Gasteiger partial charge >= 0.3 is 0 Å². The molecule has 35 heavy (non-hydrogen) atoms. The van der Waals surface area contributed by atoms with Crippen LogP contribution in [-0.2, 0) is 5.41 Å². The van der Waals surface area contributed by atoms with Crippen LogP contribution in [0.25, 0.3) is 5.57 Å². The van der Waals surface area contributed by atoms with E-state index in [-0.39, 0.29) is 11.3 Å². The summed E-state index contributed by atoms with van der Waals surface area (Å²) in [5.74, 6) is 1.97. The summed E-state index contributed by atoms with van der Waals surface area (Å²) in [6.45, 7) is 5.37. The molecule has 5 rings (SSSR count). The van der Waals surface area contributed by atoms with E-state index in [1.165, 1.54) is 27.8 Å². The van der Waals surface area contributed by atoms with Gasteiger partial charge in [0.25, 0.3) is 0 Å². The van der Waals surface area contributed by atoms with Crippen LogP contribution in [0.4, 0.5) is 0 Å². The van der Waals surface area contributed by atoms with Gasteiger partial charge in [-0.15, -0.1) is 0 Å². The number of hydrogen-bond acceptors (Lipinski definition) is 2. The standard InChI is InChI=1S/C33H32O2/c1-3-34-29-19-15-25(16-20-29)31-23-24-33(27-11-7-5-8-12-27,28-13-9-6-10-14-28)32(31)26-17-21-30(22-18-26)35-4-2/h5-23,32H,3-4,24H2,1-2H3. The van der Waals surface area contributed by atoms with Gasteiger partial charge in [0.1, 0.15) is 11.5 Å². The summed E-state index contributed by atoms with van der Waals surface area (Å²) in [7, 11) is 0. The van der Waals surface area contributed by atoms with Crippen molar-refractivity contribution in [2.45, 2.75) is 31.6 Å². The molecular weight excluding hydrogens is 428 g/mol. The summed E-state index contributed by atoms with van der Waals surface area (Å²) in [5, 5.41) is 0. The van der Waals surface area contributed by atoms with Crippen LogP contribution in [0.2, 0.25) is 0 Å². The van der Waals surface area contributed by atoms with Crippen molar-refractivity contribution in [1.82, 2.24) is 0 Å². The van der Waals surface area contributed by atoms with Crippen molar-refractivity contribution in [2.75, 3.05) is 13.2 Å². The number of rotatable bonds is 8. The van der Waals surface area contributed by atoms with Crippen LogP contribution in [0.5, 0.6) is 11.5 Å². The summed E-state index contributed by atoms with van der Waals surface area (Å²) in [5.41, 5.74) is 6.35. The Morgan fingerprint density at radius 3 is 1.60 bits per heavy atom. The van der Waals surface area contributed by atoms with Gasteiger partial charge in [0.2, 0.25) is 0 Å². The Kier molecular flexibility index (Phi) is 6.72. The number of benzene rings is 4. The number of hydrogen-bond donors (Lipinski definition) is 0. The van der Waals surface area contributed by atoms with E-state index in [1.54, 1.807) is 0 Å². The zero-order chi connectivity index (χ0) is 24.1. The van der Waals surface area contributed by atoms with Gasteiger partial charge in [-0.2, -0.15) is 0 Å². The third kappa shape index (κ3) is 4.37. The molecule has 0 heterocycles. The lowest BCUT2D eigenvalue weighted by atomic mass is 9.63. The molecule has 1 aliphatic carbocycles. The molecule has 0 saturated heterocycles. The largest absolute Gasteiger partial charge is 0.494 e. The number of allylic oxidation sites excluding steroid dienone is 2. The van der Waals surface area contributed by atoms with Crippen LogP contribution in [0.3, 0.4) is 0 Å². The van der Waals surface area contributed by atoms with Crippen LogP contribution >= 0.6 is 0 Å². The van der Waals surface area contributed by atoms with E-state index in [9.17, 15) is 0 Å². The maximum Gasteiger partial charge on any atom is 0.119 e. The van der Waals surface area contributed by atoms with E-state index in [0.29, 0.717) is 13.2 Å². The molecule has 1 aliphatic rings. The summed E-state index contributed by atoms with van der Waals surface area (Å²) < 4.78 is 11.5. The Hall–Kier alpha value is -3.78. The van der Waals surface area contributed by atoms with Gasteiger partial charge in [-0.3, -0.25) is 0 Å². The maximum atomic E-state index is 5.76. The van der Waals surface area contributed by atoms with Crippen LogP contribution in [0.1, 0.15) is 48.4 Å². The van der Waals surface area contributed by atoms with E-state index in [0.717, 1.165) is 17.9 Å². The molecule has 1 atom stereocenters. The highest BCUT2D eigenvalue weighted by atomic mass is 16.5. The van der Waals surface area contributed by atoms with Gasteiger partial charge in [0.15, 0.2) is 0 Å². The van der Waals surface area contributed by atoms with Gasteiger partial charge in [0.05, 0.1) is 13.2 Å². The first kappa shape index (κ1) is 23.0. The second-order valence-electron chi connectivity index (χ2n) is 8.96. The van der Waals surface area contributed by atoms with Crippen molar-refractivity contribution in [1.29, 1.82) is 0 Å². The Balaban J connectivity index is 1.69. The quantitative estimate of drug-likeness (QED) is 0.265. The fourth-order valence-corrected chi connectivity index (χ4v) is 5.56. The first-order chi connectivity index (χ1) is 17.3. The maximum absolute atomic E-state index is 5.76. The van der Waals surface area contributed by atoms with Crippen molar-refractivity contribution >= 4 is 5.57 Å². The van der Waals surface area contributed by atoms with Crippen molar-refractivity contribution in [3.05, 3.63) is 138 Å². The fraction of sp³-hybridized carbons (Fsp3) is 0.212. The summed E-state index contributed by atoms with van der Waals surface area (Å²) in [6.07, 6.45) is 3.37. The van der Waals surface area contributed by atoms with Crippen LogP contribution in [0.15, 0.2) is 115 Å². The van der Waals surface area contributed by atoms with E-state index >= 15 is 0 Å². The normalized spacial score (nSPS) is 16.5. The van der Waals surface area contributed by atoms with Gasteiger partial charge in [-0.1, -0.05) is 91.0 Å². The first-order valence-electron chi connectivity index (χ1n) is 12.5. The molecule has 0 aliphatic heterocycles. The zero-order valence-electron chi connectivity index (χ0n) is 20.5. The van der Waals surface area contributed by atoms with Crippen molar-refractivity contribution in [2.24, 2.45) is 0 Å². The Morgan fingerprint density at radius 1 is 0.629 bits per heavy atom. The van der Waals surface area contributed by atoms with E-state index < -0.39 is 0 Å². The monoisotopic (exact) mass is 460 g/mol. The molecule has 0 aromatic heterocycles. The highest BCUT2D eigenvalue weighted by Crippen LogP contribution is 2.57. The molecule has 0 spiro atoms.